The molecule has 0 saturated carbocycles. The minimum Gasteiger partial charge on any atom is -0.375 e. The van der Waals surface area contributed by atoms with E-state index in [1.807, 2.05) is 0 Å². The Balaban J connectivity index is 2.78. The van der Waals surface area contributed by atoms with Crippen molar-refractivity contribution < 1.29 is 9.59 Å². The zero-order valence-electron chi connectivity index (χ0n) is 5.98. The van der Waals surface area contributed by atoms with Crippen LogP contribution < -0.4 is 11.1 Å². The van der Waals surface area contributed by atoms with Crippen LogP contribution in [0.15, 0.2) is 5.38 Å². The molecule has 1 heterocycles. The maximum atomic E-state index is 10.3. The molecule has 1 amide bonds. The maximum Gasteiger partial charge on any atom is 0.229 e. The van der Waals surface area contributed by atoms with Crippen LogP contribution in [0.5, 0.6) is 0 Å². The fourth-order valence-corrected chi connectivity index (χ4v) is 1.27. The monoisotopic (exact) mass is 184 g/mol. The molecule has 0 saturated heterocycles. The fourth-order valence-electron chi connectivity index (χ4n) is 0.681. The second-order valence-electron chi connectivity index (χ2n) is 1.95. The number of hydrogen-bond acceptors (Lipinski definition) is 5. The SMILES string of the molecule is Nc1nc(C([C]=O)NC=O)cs1. The molecule has 5 nitrogen and oxygen atoms in total. The molecule has 1 aromatic heterocycles. The Bertz CT molecular complexity index is 286. The average Bonchev–Trinajstić information content (AvgIpc) is 2.47. The second-order valence-corrected chi connectivity index (χ2v) is 2.84. The quantitative estimate of drug-likeness (QED) is 0.625. The van der Waals surface area contributed by atoms with Gasteiger partial charge < -0.3 is 11.1 Å². The number of nitrogens with zero attached hydrogens (tertiary/aromatic N) is 1. The van der Waals surface area contributed by atoms with Gasteiger partial charge in [-0.1, -0.05) is 0 Å². The largest absolute Gasteiger partial charge is 0.375 e. The molecular formula is C6H6N3O2S. The molecule has 1 unspecified atom stereocenters. The van der Waals surface area contributed by atoms with Crippen molar-refractivity contribution >= 4 is 29.2 Å². The van der Waals surface area contributed by atoms with Gasteiger partial charge in [0.2, 0.25) is 12.7 Å². The van der Waals surface area contributed by atoms with Gasteiger partial charge >= 0.3 is 0 Å². The number of carbonyl (C=O) groups is 1. The number of thiazole rings is 1. The van der Waals surface area contributed by atoms with Crippen LogP contribution in [0.1, 0.15) is 11.7 Å². The van der Waals surface area contributed by atoms with E-state index in [0.29, 0.717) is 17.2 Å². The molecule has 1 rings (SSSR count). The molecule has 1 radical (unpaired) electrons. The van der Waals surface area contributed by atoms with Crippen molar-refractivity contribution in [2.45, 2.75) is 6.04 Å². The summed E-state index contributed by atoms with van der Waals surface area (Å²) in [5.41, 5.74) is 5.75. The summed E-state index contributed by atoms with van der Waals surface area (Å²) >= 11 is 1.21. The average molecular weight is 184 g/mol. The number of aromatic nitrogens is 1. The number of nitrogen functional groups attached to an aromatic ring is 1. The summed E-state index contributed by atoms with van der Waals surface area (Å²) in [4.78, 5) is 24.1. The lowest BCUT2D eigenvalue weighted by molar-refractivity contribution is -0.109. The van der Waals surface area contributed by atoms with Crippen molar-refractivity contribution in [2.24, 2.45) is 0 Å². The van der Waals surface area contributed by atoms with E-state index in [9.17, 15) is 9.59 Å². The molecule has 0 spiro atoms. The van der Waals surface area contributed by atoms with Crippen molar-refractivity contribution in [3.8, 4) is 0 Å². The summed E-state index contributed by atoms with van der Waals surface area (Å²) in [6.07, 6.45) is 2.05. The Morgan fingerprint density at radius 2 is 2.58 bits per heavy atom. The van der Waals surface area contributed by atoms with Gasteiger partial charge in [-0.2, -0.15) is 0 Å². The number of nitrogens with two attached hydrogens (primary N) is 1. The first kappa shape index (κ1) is 8.66. The van der Waals surface area contributed by atoms with Crippen LogP contribution in [0.2, 0.25) is 0 Å². The van der Waals surface area contributed by atoms with Crippen LogP contribution in [0, 0.1) is 0 Å². The molecule has 6 heteroatoms. The van der Waals surface area contributed by atoms with Crippen molar-refractivity contribution in [1.82, 2.24) is 10.3 Å². The first-order chi connectivity index (χ1) is 5.77. The van der Waals surface area contributed by atoms with Crippen LogP contribution in [0.25, 0.3) is 0 Å². The van der Waals surface area contributed by atoms with Crippen molar-refractivity contribution in [2.75, 3.05) is 5.73 Å². The molecule has 63 valence electrons. The Labute approximate surface area is 72.6 Å². The lowest BCUT2D eigenvalue weighted by Crippen LogP contribution is -2.20. The molecule has 12 heavy (non-hydrogen) atoms. The zero-order chi connectivity index (χ0) is 8.97. The molecule has 0 aromatic carbocycles. The maximum absolute atomic E-state index is 10.3. The van der Waals surface area contributed by atoms with Gasteiger partial charge in [-0.15, -0.1) is 11.3 Å². The number of anilines is 1. The minimum absolute atomic E-state index is 0.359. The number of rotatable bonds is 4. The summed E-state index contributed by atoms with van der Waals surface area (Å²) in [5, 5.41) is 4.20. The zero-order valence-corrected chi connectivity index (χ0v) is 6.80. The van der Waals surface area contributed by atoms with Gasteiger partial charge in [-0.25, -0.2) is 4.98 Å². The molecule has 3 N–H and O–H groups in total. The van der Waals surface area contributed by atoms with Gasteiger partial charge in [-0.05, 0) is 0 Å². The van der Waals surface area contributed by atoms with Crippen LogP contribution in [-0.4, -0.2) is 17.7 Å². The number of amides is 1. The van der Waals surface area contributed by atoms with Crippen molar-refractivity contribution in [3.05, 3.63) is 11.1 Å². The van der Waals surface area contributed by atoms with E-state index in [4.69, 9.17) is 5.73 Å². The van der Waals surface area contributed by atoms with E-state index in [-0.39, 0.29) is 0 Å². The molecule has 0 fully saturated rings. The molecule has 0 bridgehead atoms. The highest BCUT2D eigenvalue weighted by molar-refractivity contribution is 7.13. The Morgan fingerprint density at radius 1 is 1.83 bits per heavy atom. The topological polar surface area (TPSA) is 85.1 Å². The van der Waals surface area contributed by atoms with Gasteiger partial charge in [-0.3, -0.25) is 9.59 Å². The first-order valence-corrected chi connectivity index (χ1v) is 3.94. The lowest BCUT2D eigenvalue weighted by Gasteiger charge is -2.02. The number of carbonyl (C=O) groups excluding carboxylic acids is 2. The van der Waals surface area contributed by atoms with Crippen molar-refractivity contribution in [1.29, 1.82) is 0 Å². The van der Waals surface area contributed by atoms with Crippen LogP contribution >= 0.6 is 11.3 Å². The van der Waals surface area contributed by atoms with E-state index in [2.05, 4.69) is 10.3 Å². The number of nitrogens with one attached hydrogen (secondary N) is 1. The fraction of sp³-hybridized carbons (Fsp3) is 0.167. The third-order valence-electron chi connectivity index (χ3n) is 1.19. The van der Waals surface area contributed by atoms with Gasteiger partial charge in [0.25, 0.3) is 0 Å². The van der Waals surface area contributed by atoms with Gasteiger partial charge in [0.1, 0.15) is 6.04 Å². The highest BCUT2D eigenvalue weighted by Crippen LogP contribution is 2.16. The summed E-state index contributed by atoms with van der Waals surface area (Å²) in [5.74, 6) is 0. The molecular weight excluding hydrogens is 178 g/mol. The highest BCUT2D eigenvalue weighted by atomic mass is 32.1. The summed E-state index contributed by atoms with van der Waals surface area (Å²) in [7, 11) is 0. The second kappa shape index (κ2) is 3.82. The van der Waals surface area contributed by atoms with Gasteiger partial charge in [0, 0.05) is 5.38 Å². The van der Waals surface area contributed by atoms with Crippen LogP contribution in [0.3, 0.4) is 0 Å². The third kappa shape index (κ3) is 1.79. The smallest absolute Gasteiger partial charge is 0.229 e. The van der Waals surface area contributed by atoms with E-state index in [1.165, 1.54) is 11.3 Å². The molecule has 1 atom stereocenters. The Hall–Kier alpha value is -1.43. The predicted octanol–water partition coefficient (Wildman–Crippen LogP) is -0.378. The lowest BCUT2D eigenvalue weighted by atomic mass is 10.3. The molecule has 0 aliphatic heterocycles. The van der Waals surface area contributed by atoms with E-state index in [0.717, 1.165) is 0 Å². The van der Waals surface area contributed by atoms with Crippen LogP contribution in [0.4, 0.5) is 5.13 Å². The highest BCUT2D eigenvalue weighted by Gasteiger charge is 2.12. The normalized spacial score (nSPS) is 12.0. The summed E-state index contributed by atoms with van der Waals surface area (Å²) in [6.45, 7) is 0. The molecule has 1 aromatic rings. The molecule has 0 aliphatic rings. The number of hydrogen-bond donors (Lipinski definition) is 2. The van der Waals surface area contributed by atoms with E-state index in [1.54, 1.807) is 11.7 Å². The van der Waals surface area contributed by atoms with Crippen LogP contribution in [-0.2, 0) is 9.59 Å². The van der Waals surface area contributed by atoms with Crippen molar-refractivity contribution in [3.63, 3.8) is 0 Å². The standard InChI is InChI=1S/C6H6N3O2S/c7-6-9-5(2-12-6)4(1-10)8-3-11/h2-4H,(H2,7,9)(H,8,11). The Morgan fingerprint density at radius 3 is 3.00 bits per heavy atom. The van der Waals surface area contributed by atoms with Gasteiger partial charge in [0.15, 0.2) is 5.13 Å². The predicted molar refractivity (Wildman–Crippen MR) is 44.2 cm³/mol. The Kier molecular flexibility index (Phi) is 2.76. The summed E-state index contributed by atoms with van der Waals surface area (Å²) in [6, 6.07) is -0.809. The van der Waals surface area contributed by atoms with E-state index >= 15 is 0 Å². The van der Waals surface area contributed by atoms with Gasteiger partial charge in [0.05, 0.1) is 5.69 Å². The minimum atomic E-state index is -0.809. The summed E-state index contributed by atoms with van der Waals surface area (Å²) < 4.78 is 0. The molecule has 0 aliphatic carbocycles. The van der Waals surface area contributed by atoms with E-state index < -0.39 is 6.04 Å². The third-order valence-corrected chi connectivity index (χ3v) is 1.88. The first-order valence-electron chi connectivity index (χ1n) is 3.06.